The highest BCUT2D eigenvalue weighted by Gasteiger charge is 2.20. The highest BCUT2D eigenvalue weighted by atomic mass is 35.5. The number of carbonyl (C=O) groups excluding carboxylic acids is 2. The highest BCUT2D eigenvalue weighted by molar-refractivity contribution is 6.30. The summed E-state index contributed by atoms with van der Waals surface area (Å²) in [4.78, 5) is 22.7. The number of nitrogens with one attached hydrogen (secondary N) is 2. The minimum Gasteiger partial charge on any atom is -0.375 e. The average molecular weight is 350 g/mol. The molecule has 4 N–H and O–H groups in total. The second kappa shape index (κ2) is 10.4. The van der Waals surface area contributed by atoms with Crippen molar-refractivity contribution in [2.45, 2.75) is 19.1 Å². The van der Waals surface area contributed by atoms with Crippen LogP contribution in [0.1, 0.15) is 18.6 Å². The molecule has 0 aliphatic carbocycles. The Balaban J connectivity index is 0.00000441. The zero-order valence-corrected chi connectivity index (χ0v) is 14.0. The van der Waals surface area contributed by atoms with Gasteiger partial charge in [-0.25, -0.2) is 0 Å². The van der Waals surface area contributed by atoms with Crippen molar-refractivity contribution in [1.29, 1.82) is 0 Å². The van der Waals surface area contributed by atoms with E-state index in [4.69, 9.17) is 22.1 Å². The van der Waals surface area contributed by atoms with Gasteiger partial charge in [0.25, 0.3) is 0 Å². The van der Waals surface area contributed by atoms with Crippen LogP contribution >= 0.6 is 24.0 Å². The monoisotopic (exact) mass is 349 g/mol. The largest absolute Gasteiger partial charge is 0.375 e. The second-order valence-electron chi connectivity index (χ2n) is 4.54. The Morgan fingerprint density at radius 2 is 1.86 bits per heavy atom. The third kappa shape index (κ3) is 6.62. The van der Waals surface area contributed by atoms with Crippen LogP contribution in [0.25, 0.3) is 0 Å². The van der Waals surface area contributed by atoms with Crippen LogP contribution in [0.2, 0.25) is 5.02 Å². The van der Waals surface area contributed by atoms with Crippen LogP contribution in [0.3, 0.4) is 0 Å². The number of nitrogens with two attached hydrogens (primary N) is 1. The zero-order chi connectivity index (χ0) is 15.8. The molecular formula is C14H21Cl2N3O3. The Morgan fingerprint density at radius 3 is 2.36 bits per heavy atom. The Kier molecular flexibility index (Phi) is 9.76. The van der Waals surface area contributed by atoms with Gasteiger partial charge in [-0.15, -0.1) is 12.4 Å². The van der Waals surface area contributed by atoms with Crippen molar-refractivity contribution in [2.24, 2.45) is 5.73 Å². The van der Waals surface area contributed by atoms with Crippen molar-refractivity contribution in [3.63, 3.8) is 0 Å². The van der Waals surface area contributed by atoms with Crippen molar-refractivity contribution >= 4 is 35.8 Å². The van der Waals surface area contributed by atoms with E-state index in [2.05, 4.69) is 10.6 Å². The maximum atomic E-state index is 11.7. The molecule has 0 spiro atoms. The normalized spacial score (nSPS) is 12.7. The summed E-state index contributed by atoms with van der Waals surface area (Å²) >= 11 is 5.85. The van der Waals surface area contributed by atoms with Gasteiger partial charge >= 0.3 is 0 Å². The first kappa shape index (κ1) is 20.7. The molecule has 0 aromatic heterocycles. The Labute approximate surface area is 141 Å². The molecule has 0 bridgehead atoms. The summed E-state index contributed by atoms with van der Waals surface area (Å²) in [6, 6.07) is 6.95. The molecule has 0 aliphatic rings. The molecule has 124 valence electrons. The molecular weight excluding hydrogens is 329 g/mol. The quantitative estimate of drug-likeness (QED) is 0.685. The predicted octanol–water partition coefficient (Wildman–Crippen LogP) is 1.03. The van der Waals surface area contributed by atoms with Gasteiger partial charge in [0.2, 0.25) is 11.8 Å². The van der Waals surface area contributed by atoms with Crippen molar-refractivity contribution < 1.29 is 14.3 Å². The lowest BCUT2D eigenvalue weighted by atomic mass is 10.0. The first-order valence-corrected chi connectivity index (χ1v) is 6.90. The molecule has 0 heterocycles. The van der Waals surface area contributed by atoms with Gasteiger partial charge in [0, 0.05) is 12.1 Å². The third-order valence-electron chi connectivity index (χ3n) is 2.93. The van der Waals surface area contributed by atoms with E-state index in [1.165, 1.54) is 0 Å². The third-order valence-corrected chi connectivity index (χ3v) is 3.18. The van der Waals surface area contributed by atoms with E-state index in [0.29, 0.717) is 5.02 Å². The summed E-state index contributed by atoms with van der Waals surface area (Å²) in [7, 11) is 1.57. The summed E-state index contributed by atoms with van der Waals surface area (Å²) in [6.45, 7) is 1.57. The molecule has 22 heavy (non-hydrogen) atoms. The number of benzene rings is 1. The molecule has 1 aromatic rings. The number of hydrogen-bond donors (Lipinski definition) is 3. The zero-order valence-electron chi connectivity index (χ0n) is 12.5. The van der Waals surface area contributed by atoms with Crippen LogP contribution in [0.5, 0.6) is 0 Å². The topological polar surface area (TPSA) is 93.5 Å². The fraction of sp³-hybridized carbons (Fsp3) is 0.429. The summed E-state index contributed by atoms with van der Waals surface area (Å²) in [5.74, 6) is -0.681. The Bertz CT molecular complexity index is 483. The molecule has 0 saturated heterocycles. The number of halogens is 2. The van der Waals surface area contributed by atoms with Crippen LogP contribution in [0, 0.1) is 0 Å². The van der Waals surface area contributed by atoms with E-state index in [1.807, 2.05) is 19.1 Å². The summed E-state index contributed by atoms with van der Waals surface area (Å²) in [5, 5.41) is 5.81. The van der Waals surface area contributed by atoms with E-state index >= 15 is 0 Å². The molecule has 1 rings (SSSR count). The summed E-state index contributed by atoms with van der Waals surface area (Å²) in [5.41, 5.74) is 6.05. The van der Waals surface area contributed by atoms with Gasteiger partial charge in [0.15, 0.2) is 0 Å². The smallest absolute Gasteiger partial charge is 0.239 e. The van der Waals surface area contributed by atoms with E-state index in [0.717, 1.165) is 5.56 Å². The van der Waals surface area contributed by atoms with Crippen molar-refractivity contribution in [1.82, 2.24) is 10.6 Å². The van der Waals surface area contributed by atoms with Crippen molar-refractivity contribution in [2.75, 3.05) is 20.2 Å². The molecule has 0 radical (unpaired) electrons. The van der Waals surface area contributed by atoms with Gasteiger partial charge in [-0.05, 0) is 24.6 Å². The first-order chi connectivity index (χ1) is 9.97. The first-order valence-electron chi connectivity index (χ1n) is 6.52. The SMILES string of the molecule is COC(c1ccc(Cl)cc1)C(C)NC(=O)CNC(=O)CN.Cl. The molecule has 8 heteroatoms. The molecule has 1 aromatic carbocycles. The van der Waals surface area contributed by atoms with Crippen molar-refractivity contribution in [3.05, 3.63) is 34.9 Å². The van der Waals surface area contributed by atoms with E-state index in [-0.39, 0.29) is 49.5 Å². The molecule has 2 atom stereocenters. The van der Waals surface area contributed by atoms with Crippen LogP contribution in [0.15, 0.2) is 24.3 Å². The van der Waals surface area contributed by atoms with Crippen LogP contribution < -0.4 is 16.4 Å². The fourth-order valence-electron chi connectivity index (χ4n) is 1.91. The van der Waals surface area contributed by atoms with E-state index < -0.39 is 0 Å². The van der Waals surface area contributed by atoms with Gasteiger partial charge in [-0.1, -0.05) is 23.7 Å². The lowest BCUT2D eigenvalue weighted by molar-refractivity contribution is -0.126. The number of methoxy groups -OCH3 is 1. The minimum absolute atomic E-state index is 0. The molecule has 0 fully saturated rings. The number of carbonyl (C=O) groups is 2. The second-order valence-corrected chi connectivity index (χ2v) is 4.98. The van der Waals surface area contributed by atoms with E-state index in [9.17, 15) is 9.59 Å². The standard InChI is InChI=1S/C14H20ClN3O3.ClH/c1-9(18-13(20)8-17-12(19)7-16)14(21-2)10-3-5-11(15)6-4-10;/h3-6,9,14H,7-8,16H2,1-2H3,(H,17,19)(H,18,20);1H. The van der Waals surface area contributed by atoms with Gasteiger partial charge in [-0.2, -0.15) is 0 Å². The van der Waals surface area contributed by atoms with Gasteiger partial charge in [0.1, 0.15) is 6.10 Å². The molecule has 6 nitrogen and oxygen atoms in total. The summed E-state index contributed by atoms with van der Waals surface area (Å²) in [6.07, 6.45) is -0.309. The molecule has 2 unspecified atom stereocenters. The highest BCUT2D eigenvalue weighted by Crippen LogP contribution is 2.22. The predicted molar refractivity (Wildman–Crippen MR) is 88.1 cm³/mol. The number of ether oxygens (including phenoxy) is 1. The van der Waals surface area contributed by atoms with Crippen LogP contribution in [-0.4, -0.2) is 38.1 Å². The lowest BCUT2D eigenvalue weighted by Crippen LogP contribution is -2.44. The number of hydrogen-bond acceptors (Lipinski definition) is 4. The minimum atomic E-state index is -0.376. The molecule has 2 amide bonds. The average Bonchev–Trinajstić information content (AvgIpc) is 2.47. The van der Waals surface area contributed by atoms with Crippen LogP contribution in [0.4, 0.5) is 0 Å². The lowest BCUT2D eigenvalue weighted by Gasteiger charge is -2.24. The summed E-state index contributed by atoms with van der Waals surface area (Å²) < 4.78 is 5.42. The van der Waals surface area contributed by atoms with Crippen molar-refractivity contribution in [3.8, 4) is 0 Å². The molecule has 0 saturated carbocycles. The number of amides is 2. The maximum Gasteiger partial charge on any atom is 0.239 e. The fourth-order valence-corrected chi connectivity index (χ4v) is 2.04. The Morgan fingerprint density at radius 1 is 1.27 bits per heavy atom. The van der Waals surface area contributed by atoms with Gasteiger partial charge in [-0.3, -0.25) is 9.59 Å². The number of rotatable bonds is 7. The van der Waals surface area contributed by atoms with Crippen LogP contribution in [-0.2, 0) is 14.3 Å². The van der Waals surface area contributed by atoms with Gasteiger partial charge in [0.05, 0.1) is 19.1 Å². The van der Waals surface area contributed by atoms with Gasteiger partial charge < -0.3 is 21.1 Å². The maximum absolute atomic E-state index is 11.7. The Hall–Kier alpha value is -1.34. The van der Waals surface area contributed by atoms with E-state index in [1.54, 1.807) is 19.2 Å². The molecule has 0 aliphatic heterocycles.